The van der Waals surface area contributed by atoms with E-state index >= 15 is 0 Å². The van der Waals surface area contributed by atoms with Crippen molar-refractivity contribution < 1.29 is 4.74 Å². The van der Waals surface area contributed by atoms with Crippen LogP contribution >= 0.6 is 31.9 Å². The lowest BCUT2D eigenvalue weighted by atomic mass is 9.99. The maximum atomic E-state index is 5.82. The molecule has 1 aromatic carbocycles. The third kappa shape index (κ3) is 3.73. The fraction of sp³-hybridized carbons (Fsp3) is 0.357. The molecule has 0 spiro atoms. The SMILES string of the molecule is COCCn1ncc(Br)c1C(NN)c1cc(Br)ccc1C. The lowest BCUT2D eigenvalue weighted by Gasteiger charge is -2.21. The van der Waals surface area contributed by atoms with Gasteiger partial charge in [-0.05, 0) is 46.1 Å². The highest BCUT2D eigenvalue weighted by Crippen LogP contribution is 2.31. The zero-order valence-corrected chi connectivity index (χ0v) is 15.1. The topological polar surface area (TPSA) is 65.1 Å². The Morgan fingerprint density at radius 1 is 1.43 bits per heavy atom. The van der Waals surface area contributed by atoms with E-state index in [9.17, 15) is 0 Å². The van der Waals surface area contributed by atoms with Crippen LogP contribution in [0.1, 0.15) is 22.9 Å². The van der Waals surface area contributed by atoms with Crippen molar-refractivity contribution in [3.8, 4) is 0 Å². The maximum absolute atomic E-state index is 5.82. The van der Waals surface area contributed by atoms with Crippen molar-refractivity contribution >= 4 is 31.9 Å². The van der Waals surface area contributed by atoms with E-state index in [1.165, 1.54) is 0 Å². The summed E-state index contributed by atoms with van der Waals surface area (Å²) in [6.45, 7) is 3.33. The van der Waals surface area contributed by atoms with Crippen LogP contribution in [0.4, 0.5) is 0 Å². The van der Waals surface area contributed by atoms with Crippen molar-refractivity contribution in [1.82, 2.24) is 15.2 Å². The quantitative estimate of drug-likeness (QED) is 0.560. The molecule has 0 aliphatic carbocycles. The number of aromatic nitrogens is 2. The van der Waals surface area contributed by atoms with Crippen LogP contribution in [0.5, 0.6) is 0 Å². The van der Waals surface area contributed by atoms with Crippen molar-refractivity contribution in [1.29, 1.82) is 0 Å². The minimum absolute atomic E-state index is 0.156. The summed E-state index contributed by atoms with van der Waals surface area (Å²) >= 11 is 7.07. The van der Waals surface area contributed by atoms with Crippen LogP contribution in [0.3, 0.4) is 0 Å². The third-order valence-electron chi connectivity index (χ3n) is 3.33. The zero-order chi connectivity index (χ0) is 15.4. The van der Waals surface area contributed by atoms with Crippen LogP contribution in [0.2, 0.25) is 0 Å². The summed E-state index contributed by atoms with van der Waals surface area (Å²) in [4.78, 5) is 0. The second-order valence-electron chi connectivity index (χ2n) is 4.69. The number of methoxy groups -OCH3 is 1. The largest absolute Gasteiger partial charge is 0.383 e. The van der Waals surface area contributed by atoms with Crippen molar-refractivity contribution in [2.75, 3.05) is 13.7 Å². The fourth-order valence-electron chi connectivity index (χ4n) is 2.25. The number of nitrogens with zero attached hydrogens (tertiary/aromatic N) is 2. The van der Waals surface area contributed by atoms with Crippen LogP contribution in [-0.2, 0) is 11.3 Å². The summed E-state index contributed by atoms with van der Waals surface area (Å²) in [6.07, 6.45) is 1.78. The number of hydrazine groups is 1. The second-order valence-corrected chi connectivity index (χ2v) is 6.46. The highest BCUT2D eigenvalue weighted by molar-refractivity contribution is 9.10. The molecule has 114 valence electrons. The van der Waals surface area contributed by atoms with Crippen molar-refractivity contribution in [3.05, 3.63) is 50.2 Å². The van der Waals surface area contributed by atoms with E-state index in [1.807, 2.05) is 10.7 Å². The predicted molar refractivity (Wildman–Crippen MR) is 89.8 cm³/mol. The lowest BCUT2D eigenvalue weighted by Crippen LogP contribution is -2.32. The first-order chi connectivity index (χ1) is 10.1. The molecule has 1 aromatic heterocycles. The molecule has 0 amide bonds. The van der Waals surface area contributed by atoms with Gasteiger partial charge >= 0.3 is 0 Å². The first-order valence-corrected chi connectivity index (χ1v) is 8.09. The maximum Gasteiger partial charge on any atom is 0.0892 e. The molecule has 0 saturated heterocycles. The van der Waals surface area contributed by atoms with E-state index < -0.39 is 0 Å². The summed E-state index contributed by atoms with van der Waals surface area (Å²) in [7, 11) is 1.68. The van der Waals surface area contributed by atoms with Gasteiger partial charge in [-0.3, -0.25) is 10.5 Å². The number of aryl methyl sites for hydroxylation is 1. The standard InChI is InChI=1S/C14H18Br2N4O/c1-9-3-4-10(15)7-11(9)13(19-17)14-12(16)8-18-20(14)5-6-21-2/h3-4,7-8,13,19H,5-6,17H2,1-2H3. The summed E-state index contributed by atoms with van der Waals surface area (Å²) in [5.41, 5.74) is 6.14. The van der Waals surface area contributed by atoms with Crippen LogP contribution in [0, 0.1) is 6.92 Å². The molecular formula is C14H18Br2N4O. The van der Waals surface area contributed by atoms with Gasteiger partial charge in [-0.1, -0.05) is 22.0 Å². The van der Waals surface area contributed by atoms with Crippen molar-refractivity contribution in [3.63, 3.8) is 0 Å². The molecule has 0 saturated carbocycles. The molecule has 0 radical (unpaired) electrons. The fourth-order valence-corrected chi connectivity index (χ4v) is 3.16. The molecule has 3 N–H and O–H groups in total. The summed E-state index contributed by atoms with van der Waals surface area (Å²) in [5, 5.41) is 4.38. The van der Waals surface area contributed by atoms with Gasteiger partial charge in [0.15, 0.2) is 0 Å². The Kier molecular flexibility index (Phi) is 5.95. The number of hydrogen-bond donors (Lipinski definition) is 2. The van der Waals surface area contributed by atoms with Gasteiger partial charge in [0.1, 0.15) is 0 Å². The average molecular weight is 418 g/mol. The number of halogens is 2. The first kappa shape index (κ1) is 16.6. The normalized spacial score (nSPS) is 12.6. The summed E-state index contributed by atoms with van der Waals surface area (Å²) < 4.78 is 8.97. The molecule has 1 unspecified atom stereocenters. The van der Waals surface area contributed by atoms with Gasteiger partial charge in [-0.15, -0.1) is 0 Å². The Labute approximate surface area is 141 Å². The number of nitrogens with one attached hydrogen (secondary N) is 1. The van der Waals surface area contributed by atoms with Gasteiger partial charge in [0, 0.05) is 11.6 Å². The Balaban J connectivity index is 2.46. The molecule has 2 aromatic rings. The molecule has 21 heavy (non-hydrogen) atoms. The zero-order valence-electron chi connectivity index (χ0n) is 11.9. The molecule has 0 bridgehead atoms. The molecule has 1 heterocycles. The second kappa shape index (κ2) is 7.51. The van der Waals surface area contributed by atoms with Crippen molar-refractivity contribution in [2.24, 2.45) is 5.84 Å². The molecule has 0 aliphatic heterocycles. The third-order valence-corrected chi connectivity index (χ3v) is 4.44. The number of benzene rings is 1. The highest BCUT2D eigenvalue weighted by atomic mass is 79.9. The van der Waals surface area contributed by atoms with Gasteiger partial charge < -0.3 is 4.74 Å². The average Bonchev–Trinajstić information content (AvgIpc) is 2.83. The molecule has 7 heteroatoms. The number of ether oxygens (including phenoxy) is 1. The van der Waals surface area contributed by atoms with E-state index in [2.05, 4.69) is 61.4 Å². The van der Waals surface area contributed by atoms with Crippen molar-refractivity contribution in [2.45, 2.75) is 19.5 Å². The Morgan fingerprint density at radius 3 is 2.86 bits per heavy atom. The van der Waals surface area contributed by atoms with Gasteiger partial charge in [-0.25, -0.2) is 5.43 Å². The first-order valence-electron chi connectivity index (χ1n) is 6.50. The Bertz CT molecular complexity index is 615. The van der Waals surface area contributed by atoms with E-state index in [0.717, 1.165) is 25.8 Å². The van der Waals surface area contributed by atoms with Gasteiger partial charge in [-0.2, -0.15) is 5.10 Å². The van der Waals surface area contributed by atoms with E-state index in [0.29, 0.717) is 13.2 Å². The van der Waals surface area contributed by atoms with Gasteiger partial charge in [0.05, 0.1) is 35.6 Å². The van der Waals surface area contributed by atoms with Gasteiger partial charge in [0.25, 0.3) is 0 Å². The van der Waals surface area contributed by atoms with E-state index in [4.69, 9.17) is 10.6 Å². The minimum Gasteiger partial charge on any atom is -0.383 e. The highest BCUT2D eigenvalue weighted by Gasteiger charge is 2.22. The molecule has 2 rings (SSSR count). The van der Waals surface area contributed by atoms with Crippen LogP contribution in [0.15, 0.2) is 33.3 Å². The lowest BCUT2D eigenvalue weighted by molar-refractivity contribution is 0.182. The van der Waals surface area contributed by atoms with E-state index in [-0.39, 0.29) is 6.04 Å². The molecule has 0 fully saturated rings. The molecule has 5 nitrogen and oxygen atoms in total. The van der Waals surface area contributed by atoms with E-state index in [1.54, 1.807) is 13.3 Å². The van der Waals surface area contributed by atoms with Crippen LogP contribution < -0.4 is 11.3 Å². The Hall–Kier alpha value is -0.730. The predicted octanol–water partition coefficient (Wildman–Crippen LogP) is 2.92. The summed E-state index contributed by atoms with van der Waals surface area (Å²) in [5.74, 6) is 5.82. The van der Waals surface area contributed by atoms with Gasteiger partial charge in [0.2, 0.25) is 0 Å². The minimum atomic E-state index is -0.156. The molecule has 0 aliphatic rings. The van der Waals surface area contributed by atoms with Crippen LogP contribution in [0.25, 0.3) is 0 Å². The number of nitrogens with two attached hydrogens (primary N) is 1. The molecule has 1 atom stereocenters. The number of rotatable bonds is 6. The monoisotopic (exact) mass is 416 g/mol. The Morgan fingerprint density at radius 2 is 2.19 bits per heavy atom. The smallest absolute Gasteiger partial charge is 0.0892 e. The number of hydrogen-bond acceptors (Lipinski definition) is 4. The molecular weight excluding hydrogens is 400 g/mol. The summed E-state index contributed by atoms with van der Waals surface area (Å²) in [6, 6.07) is 5.99. The van der Waals surface area contributed by atoms with Crippen LogP contribution in [-0.4, -0.2) is 23.5 Å².